The maximum Gasteiger partial charge on any atom is 0.273 e. The molecule has 2 atom stereocenters. The molecule has 2 rings (SSSR count). The molecule has 1 aromatic heterocycles. The number of rotatable bonds is 3. The highest BCUT2D eigenvalue weighted by molar-refractivity contribution is 6.31. The van der Waals surface area contributed by atoms with Gasteiger partial charge in [0, 0.05) is 5.92 Å². The second-order valence-electron chi connectivity index (χ2n) is 4.29. The first kappa shape index (κ1) is 12.4. The molecule has 5 nitrogen and oxygen atoms in total. The second kappa shape index (κ2) is 5.51. The van der Waals surface area contributed by atoms with Crippen molar-refractivity contribution in [2.45, 2.75) is 31.8 Å². The summed E-state index contributed by atoms with van der Waals surface area (Å²) in [5.41, 5.74) is 5.34. The van der Waals surface area contributed by atoms with Gasteiger partial charge in [0.05, 0.1) is 6.33 Å². The fraction of sp³-hybridized carbons (Fsp3) is 0.636. The third-order valence-corrected chi connectivity index (χ3v) is 3.50. The summed E-state index contributed by atoms with van der Waals surface area (Å²) in [6.45, 7) is 0.589. The predicted octanol–water partition coefficient (Wildman–Crippen LogP) is 1.32. The van der Waals surface area contributed by atoms with E-state index in [9.17, 15) is 4.79 Å². The molecule has 1 saturated carbocycles. The van der Waals surface area contributed by atoms with Gasteiger partial charge in [-0.05, 0) is 25.8 Å². The van der Waals surface area contributed by atoms with Crippen LogP contribution in [0.4, 0.5) is 0 Å². The van der Waals surface area contributed by atoms with Crippen molar-refractivity contribution in [1.29, 1.82) is 0 Å². The van der Waals surface area contributed by atoms with Crippen molar-refractivity contribution >= 4 is 11.6 Å². The third kappa shape index (κ3) is 2.79. The van der Waals surface area contributed by atoms with E-state index in [4.69, 9.17) is 22.1 Å². The molecule has 94 valence electrons. The summed E-state index contributed by atoms with van der Waals surface area (Å²) in [7, 11) is 0. The van der Waals surface area contributed by atoms with Crippen LogP contribution in [0.15, 0.2) is 11.1 Å². The zero-order valence-corrected chi connectivity index (χ0v) is 10.2. The highest BCUT2D eigenvalue weighted by Gasteiger charge is 2.26. The number of hydrogen-bond donors (Lipinski definition) is 2. The summed E-state index contributed by atoms with van der Waals surface area (Å²) in [6, 6.07) is 0. The molecule has 0 aliphatic heterocycles. The maximum atomic E-state index is 11.3. The largest absolute Gasteiger partial charge is 0.473 e. The number of nitrogens with zero attached hydrogens (tertiary/aromatic N) is 1. The van der Waals surface area contributed by atoms with Crippen LogP contribution in [0.1, 0.15) is 25.7 Å². The van der Waals surface area contributed by atoms with Gasteiger partial charge in [-0.15, -0.1) is 0 Å². The van der Waals surface area contributed by atoms with E-state index in [0.717, 1.165) is 19.3 Å². The number of aromatic amines is 1. The summed E-state index contributed by atoms with van der Waals surface area (Å²) >= 11 is 5.84. The smallest absolute Gasteiger partial charge is 0.273 e. The van der Waals surface area contributed by atoms with Gasteiger partial charge in [0.2, 0.25) is 5.88 Å². The molecule has 6 heteroatoms. The summed E-state index contributed by atoms with van der Waals surface area (Å²) in [5, 5.41) is 0.00819. The number of ether oxygens (including phenoxy) is 1. The molecule has 0 amide bonds. The fourth-order valence-corrected chi connectivity index (χ4v) is 2.34. The van der Waals surface area contributed by atoms with Crippen LogP contribution in [-0.2, 0) is 0 Å². The molecule has 1 heterocycles. The first-order valence-corrected chi connectivity index (χ1v) is 6.20. The van der Waals surface area contributed by atoms with E-state index in [1.54, 1.807) is 0 Å². The van der Waals surface area contributed by atoms with Gasteiger partial charge in [0.15, 0.2) is 5.02 Å². The highest BCUT2D eigenvalue weighted by atomic mass is 35.5. The average molecular weight is 258 g/mol. The fourth-order valence-electron chi connectivity index (χ4n) is 2.19. The predicted molar refractivity (Wildman–Crippen MR) is 65.3 cm³/mol. The first-order valence-electron chi connectivity index (χ1n) is 5.82. The zero-order valence-electron chi connectivity index (χ0n) is 9.49. The van der Waals surface area contributed by atoms with E-state index < -0.39 is 0 Å². The highest BCUT2D eigenvalue weighted by Crippen LogP contribution is 2.28. The summed E-state index contributed by atoms with van der Waals surface area (Å²) < 4.78 is 5.73. The molecular formula is C11H16ClN3O2. The van der Waals surface area contributed by atoms with Gasteiger partial charge in [-0.3, -0.25) is 4.79 Å². The normalized spacial score (nSPS) is 24.6. The summed E-state index contributed by atoms with van der Waals surface area (Å²) in [4.78, 5) is 17.7. The van der Waals surface area contributed by atoms with Crippen LogP contribution < -0.4 is 16.0 Å². The number of hydrogen-bond acceptors (Lipinski definition) is 4. The van der Waals surface area contributed by atoms with Gasteiger partial charge in [0.1, 0.15) is 6.10 Å². The van der Waals surface area contributed by atoms with Crippen molar-refractivity contribution in [3.8, 4) is 5.88 Å². The molecule has 0 aromatic carbocycles. The van der Waals surface area contributed by atoms with Crippen molar-refractivity contribution in [2.24, 2.45) is 11.7 Å². The second-order valence-corrected chi connectivity index (χ2v) is 4.67. The molecule has 3 N–H and O–H groups in total. The molecule has 1 aliphatic rings. The van der Waals surface area contributed by atoms with E-state index in [1.165, 1.54) is 12.7 Å². The Bertz CT molecular complexity index is 435. The van der Waals surface area contributed by atoms with E-state index in [2.05, 4.69) is 9.97 Å². The Labute approximate surface area is 104 Å². The Morgan fingerprint density at radius 2 is 2.29 bits per heavy atom. The number of halogens is 1. The molecule has 1 aliphatic carbocycles. The van der Waals surface area contributed by atoms with Crippen LogP contribution in [0, 0.1) is 5.92 Å². The number of aromatic nitrogens is 2. The van der Waals surface area contributed by atoms with E-state index in [-0.39, 0.29) is 22.6 Å². The molecule has 1 fully saturated rings. The number of nitrogens with one attached hydrogen (secondary N) is 1. The van der Waals surface area contributed by atoms with Gasteiger partial charge in [-0.2, -0.15) is 0 Å². The zero-order chi connectivity index (χ0) is 12.3. The van der Waals surface area contributed by atoms with Crippen LogP contribution in [0.3, 0.4) is 0 Å². The van der Waals surface area contributed by atoms with Gasteiger partial charge in [0.25, 0.3) is 5.56 Å². The minimum absolute atomic E-state index is 0.00819. The molecule has 0 saturated heterocycles. The van der Waals surface area contributed by atoms with Crippen LogP contribution in [-0.4, -0.2) is 22.6 Å². The Balaban J connectivity index is 2.13. The molecule has 0 radical (unpaired) electrons. The minimum Gasteiger partial charge on any atom is -0.473 e. The monoisotopic (exact) mass is 257 g/mol. The molecule has 0 bridgehead atoms. The Morgan fingerprint density at radius 1 is 1.53 bits per heavy atom. The van der Waals surface area contributed by atoms with Crippen molar-refractivity contribution in [3.05, 3.63) is 21.7 Å². The van der Waals surface area contributed by atoms with Crippen molar-refractivity contribution in [3.63, 3.8) is 0 Å². The van der Waals surface area contributed by atoms with Gasteiger partial charge in [-0.1, -0.05) is 18.0 Å². The van der Waals surface area contributed by atoms with E-state index in [1.807, 2.05) is 0 Å². The average Bonchev–Trinajstić information content (AvgIpc) is 2.35. The van der Waals surface area contributed by atoms with Crippen LogP contribution in [0.5, 0.6) is 5.88 Å². The molecule has 0 spiro atoms. The van der Waals surface area contributed by atoms with Gasteiger partial charge >= 0.3 is 0 Å². The number of nitrogens with two attached hydrogens (primary N) is 1. The summed E-state index contributed by atoms with van der Waals surface area (Å²) in [5.74, 6) is 0.529. The lowest BCUT2D eigenvalue weighted by molar-refractivity contribution is 0.0921. The van der Waals surface area contributed by atoms with Gasteiger partial charge in [-0.25, -0.2) is 4.98 Å². The van der Waals surface area contributed by atoms with Crippen LogP contribution in [0.2, 0.25) is 5.02 Å². The van der Waals surface area contributed by atoms with E-state index >= 15 is 0 Å². The number of H-pyrrole nitrogens is 1. The van der Waals surface area contributed by atoms with Crippen LogP contribution >= 0.6 is 11.6 Å². The Hall–Kier alpha value is -1.07. The molecule has 17 heavy (non-hydrogen) atoms. The lowest BCUT2D eigenvalue weighted by Gasteiger charge is -2.30. The van der Waals surface area contributed by atoms with Gasteiger partial charge < -0.3 is 15.5 Å². The van der Waals surface area contributed by atoms with Crippen molar-refractivity contribution in [1.82, 2.24) is 9.97 Å². The maximum absolute atomic E-state index is 11.3. The Morgan fingerprint density at radius 3 is 3.06 bits per heavy atom. The standard InChI is InChI=1S/C11H16ClN3O2/c12-9-10(16)14-6-15-11(9)17-8-4-2-1-3-7(8)5-13/h6-8H,1-5,13H2,(H,14,15,16). The third-order valence-electron chi connectivity index (χ3n) is 3.17. The summed E-state index contributed by atoms with van der Waals surface area (Å²) in [6.07, 6.45) is 5.60. The first-order chi connectivity index (χ1) is 8.22. The lowest BCUT2D eigenvalue weighted by Crippen LogP contribution is -2.35. The lowest BCUT2D eigenvalue weighted by atomic mass is 9.86. The minimum atomic E-state index is -0.378. The van der Waals surface area contributed by atoms with E-state index in [0.29, 0.717) is 12.5 Å². The van der Waals surface area contributed by atoms with Crippen molar-refractivity contribution < 1.29 is 4.74 Å². The topological polar surface area (TPSA) is 81.0 Å². The van der Waals surface area contributed by atoms with Crippen molar-refractivity contribution in [2.75, 3.05) is 6.54 Å². The van der Waals surface area contributed by atoms with Crippen LogP contribution in [0.25, 0.3) is 0 Å². The molecule has 1 aromatic rings. The Kier molecular flexibility index (Phi) is 4.02. The molecule has 2 unspecified atom stereocenters. The quantitative estimate of drug-likeness (QED) is 0.856. The SMILES string of the molecule is NCC1CCCCC1Oc1nc[nH]c(=O)c1Cl. The molecular weight excluding hydrogens is 242 g/mol.